The molecule has 6 rings (SSSR count). The zero-order chi connectivity index (χ0) is 24.6. The Labute approximate surface area is 208 Å². The molecule has 182 valence electrons. The van der Waals surface area contributed by atoms with Crippen molar-refractivity contribution < 1.29 is 19.7 Å². The number of nitrogens with one attached hydrogen (secondary N) is 1. The van der Waals surface area contributed by atoms with E-state index >= 15 is 0 Å². The maximum atomic E-state index is 13.2. The molecule has 0 saturated carbocycles. The third-order valence-electron chi connectivity index (χ3n) is 6.92. The van der Waals surface area contributed by atoms with Crippen LogP contribution in [0.2, 0.25) is 0 Å². The van der Waals surface area contributed by atoms with E-state index in [9.17, 15) is 15.0 Å². The fraction of sp³-hybridized carbons (Fsp3) is 0.207. The number of rotatable bonds is 5. The predicted octanol–water partition coefficient (Wildman–Crippen LogP) is 4.24. The quantitative estimate of drug-likeness (QED) is 0.370. The van der Waals surface area contributed by atoms with E-state index in [1.165, 1.54) is 6.07 Å². The Hall–Kier alpha value is -4.07. The molecule has 0 radical (unpaired) electrons. The summed E-state index contributed by atoms with van der Waals surface area (Å²) in [6.45, 7) is 5.76. The number of piperazine rings is 1. The second-order valence-corrected chi connectivity index (χ2v) is 9.17. The summed E-state index contributed by atoms with van der Waals surface area (Å²) >= 11 is 0. The number of aromatic nitrogens is 1. The van der Waals surface area contributed by atoms with Gasteiger partial charge in [0.15, 0.2) is 5.76 Å². The van der Waals surface area contributed by atoms with Crippen molar-refractivity contribution in [3.8, 4) is 28.5 Å². The molecule has 2 aliphatic heterocycles. The summed E-state index contributed by atoms with van der Waals surface area (Å²) in [4.78, 5) is 15.7. The Kier molecular flexibility index (Phi) is 5.71. The zero-order valence-electron chi connectivity index (χ0n) is 19.8. The summed E-state index contributed by atoms with van der Waals surface area (Å²) in [5.41, 5.74) is 4.10. The lowest BCUT2D eigenvalue weighted by Crippen LogP contribution is -2.44. The molecule has 7 heteroatoms. The number of hydrogen-bond acceptors (Lipinski definition) is 6. The van der Waals surface area contributed by atoms with Gasteiger partial charge in [0, 0.05) is 67.9 Å². The van der Waals surface area contributed by atoms with Crippen LogP contribution in [0.15, 0.2) is 72.5 Å². The number of allylic oxidation sites excluding steroid dienone is 1. The smallest absolute Gasteiger partial charge is 0.235 e. The van der Waals surface area contributed by atoms with Crippen molar-refractivity contribution in [3.63, 3.8) is 0 Å². The number of fused-ring (bicyclic) bond motifs is 2. The average Bonchev–Trinajstić information content (AvgIpc) is 3.38. The highest BCUT2D eigenvalue weighted by atomic mass is 16.5. The molecule has 7 nitrogen and oxygen atoms in total. The molecule has 1 aromatic heterocycles. The van der Waals surface area contributed by atoms with Gasteiger partial charge in [0.2, 0.25) is 5.78 Å². The molecule has 1 saturated heterocycles. The van der Waals surface area contributed by atoms with Gasteiger partial charge < -0.3 is 24.8 Å². The number of hydrogen-bond donors (Lipinski definition) is 3. The molecule has 0 aliphatic carbocycles. The van der Waals surface area contributed by atoms with Gasteiger partial charge in [-0.25, -0.2) is 0 Å². The first-order valence-corrected chi connectivity index (χ1v) is 12.2. The highest BCUT2D eigenvalue weighted by Gasteiger charge is 2.32. The molecule has 3 heterocycles. The molecular formula is C29H27N3O4. The summed E-state index contributed by atoms with van der Waals surface area (Å²) in [6, 6.07) is 20.9. The van der Waals surface area contributed by atoms with Crippen molar-refractivity contribution in [1.29, 1.82) is 0 Å². The number of phenols is 2. The molecular weight excluding hydrogens is 454 g/mol. The minimum atomic E-state index is -0.404. The SMILES string of the molecule is O=C1C(=Cc2c(-c3ccccc3)n(CCN3CCNCC3)c3ccccc23)Oc2cc(O)cc(O)c21. The number of carbonyl (C=O) groups is 1. The lowest BCUT2D eigenvalue weighted by molar-refractivity contribution is 0.101. The Morgan fingerprint density at radius 2 is 1.69 bits per heavy atom. The largest absolute Gasteiger partial charge is 0.508 e. The zero-order valence-corrected chi connectivity index (χ0v) is 19.8. The predicted molar refractivity (Wildman–Crippen MR) is 139 cm³/mol. The highest BCUT2D eigenvalue weighted by Crippen LogP contribution is 2.42. The lowest BCUT2D eigenvalue weighted by Gasteiger charge is -2.27. The number of nitrogens with zero attached hydrogens (tertiary/aromatic N) is 2. The van der Waals surface area contributed by atoms with Gasteiger partial charge in [0.05, 0.1) is 5.69 Å². The lowest BCUT2D eigenvalue weighted by atomic mass is 10.0. The van der Waals surface area contributed by atoms with Crippen molar-refractivity contribution in [1.82, 2.24) is 14.8 Å². The first-order valence-electron chi connectivity index (χ1n) is 12.2. The number of para-hydroxylation sites is 1. The van der Waals surface area contributed by atoms with Crippen LogP contribution in [-0.2, 0) is 6.54 Å². The van der Waals surface area contributed by atoms with E-state index in [1.807, 2.05) is 30.3 Å². The third-order valence-corrected chi connectivity index (χ3v) is 6.92. The summed E-state index contributed by atoms with van der Waals surface area (Å²) in [5.74, 6) is -0.574. The minimum Gasteiger partial charge on any atom is -0.508 e. The standard InChI is InChI=1S/C29H27N3O4/c33-20-16-24(34)27-25(17-20)36-26(29(27)35)18-22-21-8-4-5-9-23(21)32(15-14-31-12-10-30-11-13-31)28(22)19-6-2-1-3-7-19/h1-9,16-18,30,33-34H,10-15H2. The van der Waals surface area contributed by atoms with E-state index < -0.39 is 5.78 Å². The van der Waals surface area contributed by atoms with Crippen LogP contribution in [0.3, 0.4) is 0 Å². The molecule has 0 atom stereocenters. The molecule has 2 aliphatic rings. The van der Waals surface area contributed by atoms with Crippen LogP contribution in [0.4, 0.5) is 0 Å². The van der Waals surface area contributed by atoms with Crippen LogP contribution in [-0.4, -0.2) is 58.2 Å². The van der Waals surface area contributed by atoms with E-state index in [2.05, 4.69) is 39.0 Å². The van der Waals surface area contributed by atoms with Crippen LogP contribution in [0.5, 0.6) is 17.2 Å². The number of phenolic OH excluding ortho intramolecular Hbond substituents is 2. The van der Waals surface area contributed by atoms with Gasteiger partial charge >= 0.3 is 0 Å². The van der Waals surface area contributed by atoms with Crippen molar-refractivity contribution >= 4 is 22.8 Å². The molecule has 0 spiro atoms. The minimum absolute atomic E-state index is 0.0720. The van der Waals surface area contributed by atoms with Gasteiger partial charge in [-0.05, 0) is 17.7 Å². The molecule has 3 N–H and O–H groups in total. The van der Waals surface area contributed by atoms with Crippen LogP contribution in [0.25, 0.3) is 28.2 Å². The normalized spacial score (nSPS) is 17.0. The number of ether oxygens (including phenoxy) is 1. The summed E-state index contributed by atoms with van der Waals surface area (Å²) in [6.07, 6.45) is 1.77. The van der Waals surface area contributed by atoms with E-state index in [-0.39, 0.29) is 28.6 Å². The molecule has 0 amide bonds. The van der Waals surface area contributed by atoms with Crippen molar-refractivity contribution in [2.24, 2.45) is 0 Å². The Morgan fingerprint density at radius 1 is 0.944 bits per heavy atom. The Balaban J connectivity index is 1.49. The monoisotopic (exact) mass is 481 g/mol. The first kappa shape index (κ1) is 22.4. The molecule has 36 heavy (non-hydrogen) atoms. The van der Waals surface area contributed by atoms with Gasteiger partial charge in [0.25, 0.3) is 0 Å². The van der Waals surface area contributed by atoms with Gasteiger partial charge in [-0.3, -0.25) is 9.69 Å². The van der Waals surface area contributed by atoms with E-state index in [1.54, 1.807) is 6.08 Å². The fourth-order valence-electron chi connectivity index (χ4n) is 5.20. The summed E-state index contributed by atoms with van der Waals surface area (Å²) in [5, 5.41) is 24.6. The van der Waals surface area contributed by atoms with E-state index in [4.69, 9.17) is 4.74 Å². The van der Waals surface area contributed by atoms with Crippen molar-refractivity contribution in [2.45, 2.75) is 6.54 Å². The summed E-state index contributed by atoms with van der Waals surface area (Å²) in [7, 11) is 0. The maximum absolute atomic E-state index is 13.2. The number of Topliss-reactive ketones (excluding diaryl/α,β-unsaturated/α-hetero) is 1. The second-order valence-electron chi connectivity index (χ2n) is 9.17. The first-order chi connectivity index (χ1) is 17.6. The molecule has 0 bridgehead atoms. The van der Waals surface area contributed by atoms with Gasteiger partial charge in [-0.1, -0.05) is 48.5 Å². The number of carbonyl (C=O) groups excluding carboxylic acids is 1. The second kappa shape index (κ2) is 9.18. The third kappa shape index (κ3) is 3.92. The topological polar surface area (TPSA) is 87.0 Å². The molecule has 0 unspecified atom stereocenters. The number of benzene rings is 3. The molecule has 4 aromatic rings. The molecule has 1 fully saturated rings. The fourth-order valence-corrected chi connectivity index (χ4v) is 5.20. The van der Waals surface area contributed by atoms with E-state index in [0.717, 1.165) is 73.1 Å². The van der Waals surface area contributed by atoms with Gasteiger partial charge in [-0.2, -0.15) is 0 Å². The molecule has 3 aromatic carbocycles. The maximum Gasteiger partial charge on any atom is 0.235 e. The van der Waals surface area contributed by atoms with Crippen LogP contribution in [0, 0.1) is 0 Å². The van der Waals surface area contributed by atoms with E-state index in [0.29, 0.717) is 0 Å². The Bertz CT molecular complexity index is 1480. The summed E-state index contributed by atoms with van der Waals surface area (Å²) < 4.78 is 8.18. The van der Waals surface area contributed by atoms with Crippen LogP contribution >= 0.6 is 0 Å². The van der Waals surface area contributed by atoms with Crippen LogP contribution in [0.1, 0.15) is 15.9 Å². The van der Waals surface area contributed by atoms with Crippen molar-refractivity contribution in [3.05, 3.63) is 83.6 Å². The average molecular weight is 482 g/mol. The van der Waals surface area contributed by atoms with Crippen molar-refractivity contribution in [2.75, 3.05) is 32.7 Å². The van der Waals surface area contributed by atoms with Gasteiger partial charge in [-0.15, -0.1) is 0 Å². The number of ketones is 1. The van der Waals surface area contributed by atoms with Crippen LogP contribution < -0.4 is 10.1 Å². The Morgan fingerprint density at radius 3 is 2.50 bits per heavy atom. The highest BCUT2D eigenvalue weighted by molar-refractivity contribution is 6.17. The number of aromatic hydroxyl groups is 2. The van der Waals surface area contributed by atoms with Gasteiger partial charge in [0.1, 0.15) is 22.8 Å².